The molecule has 0 spiro atoms. The van der Waals surface area contributed by atoms with Crippen LogP contribution in [0.5, 0.6) is 0 Å². The Hall–Kier alpha value is -3.54. The number of halogens is 1. The summed E-state index contributed by atoms with van der Waals surface area (Å²) >= 11 is 0. The smallest absolute Gasteiger partial charge is 0.248 e. The summed E-state index contributed by atoms with van der Waals surface area (Å²) in [6, 6.07) is 12.6. The Bertz CT molecular complexity index is 1010. The molecule has 26 heavy (non-hydrogen) atoms. The van der Waals surface area contributed by atoms with Crippen molar-refractivity contribution < 1.29 is 9.18 Å². The molecule has 2 heterocycles. The Labute approximate surface area is 149 Å². The lowest BCUT2D eigenvalue weighted by Crippen LogP contribution is -2.20. The molecule has 0 saturated carbocycles. The van der Waals surface area contributed by atoms with Crippen LogP contribution in [0.3, 0.4) is 0 Å². The van der Waals surface area contributed by atoms with Gasteiger partial charge in [0.2, 0.25) is 11.5 Å². The second kappa shape index (κ2) is 7.57. The average molecular weight is 349 g/mol. The van der Waals surface area contributed by atoms with Gasteiger partial charge >= 0.3 is 0 Å². The fraction of sp³-hybridized carbons (Fsp3) is 0.0500. The lowest BCUT2D eigenvalue weighted by Gasteiger charge is -2.12. The predicted molar refractivity (Wildman–Crippen MR) is 97.7 cm³/mol. The van der Waals surface area contributed by atoms with Crippen LogP contribution in [0, 0.1) is 5.82 Å². The van der Waals surface area contributed by atoms with Gasteiger partial charge in [0.1, 0.15) is 5.82 Å². The molecule has 0 aliphatic carbocycles. The number of aromatic amines is 1. The molecule has 0 saturated heterocycles. The third kappa shape index (κ3) is 3.92. The minimum absolute atomic E-state index is 0.230. The topological polar surface area (TPSA) is 74.8 Å². The third-order valence-electron chi connectivity index (χ3n) is 3.82. The summed E-state index contributed by atoms with van der Waals surface area (Å²) in [5.41, 5.74) is 3.19. The summed E-state index contributed by atoms with van der Waals surface area (Å²) in [5.74, 6) is -0.634. The van der Waals surface area contributed by atoms with E-state index in [1.807, 2.05) is 0 Å². The number of pyridine rings is 2. The van der Waals surface area contributed by atoms with Crippen molar-refractivity contribution in [1.29, 1.82) is 0 Å². The fourth-order valence-corrected chi connectivity index (χ4v) is 2.51. The number of amides is 1. The Morgan fingerprint density at radius 1 is 1.23 bits per heavy atom. The van der Waals surface area contributed by atoms with Gasteiger partial charge in [-0.25, -0.2) is 4.39 Å². The van der Waals surface area contributed by atoms with Crippen LogP contribution in [0.25, 0.3) is 22.5 Å². The zero-order valence-corrected chi connectivity index (χ0v) is 13.8. The van der Waals surface area contributed by atoms with Gasteiger partial charge in [-0.1, -0.05) is 12.6 Å². The van der Waals surface area contributed by atoms with Crippen LogP contribution >= 0.6 is 0 Å². The molecular formula is C20H16FN3O2. The number of carbonyl (C=O) groups excluding carboxylic acids is 1. The molecule has 1 amide bonds. The largest absolute Gasteiger partial charge is 0.348 e. The van der Waals surface area contributed by atoms with Crippen LogP contribution in [-0.4, -0.2) is 15.9 Å². The molecule has 0 radical (unpaired) electrons. The van der Waals surface area contributed by atoms with E-state index in [4.69, 9.17) is 0 Å². The predicted octanol–water partition coefficient (Wildman–Crippen LogP) is 3.05. The van der Waals surface area contributed by atoms with E-state index >= 15 is 0 Å². The van der Waals surface area contributed by atoms with Crippen LogP contribution in [0.1, 0.15) is 5.56 Å². The van der Waals surface area contributed by atoms with Crippen molar-refractivity contribution in [3.8, 4) is 22.5 Å². The van der Waals surface area contributed by atoms with Crippen molar-refractivity contribution in [3.63, 3.8) is 0 Å². The summed E-state index contributed by atoms with van der Waals surface area (Å²) in [4.78, 5) is 30.3. The van der Waals surface area contributed by atoms with Crippen molar-refractivity contribution in [2.45, 2.75) is 6.54 Å². The molecule has 0 bridgehead atoms. The molecule has 130 valence electrons. The summed E-state index contributed by atoms with van der Waals surface area (Å²) in [6.45, 7) is 3.65. The monoisotopic (exact) mass is 349 g/mol. The normalized spacial score (nSPS) is 10.3. The zero-order chi connectivity index (χ0) is 18.5. The van der Waals surface area contributed by atoms with Crippen LogP contribution < -0.4 is 10.9 Å². The average Bonchev–Trinajstić information content (AvgIpc) is 2.66. The molecule has 0 aliphatic heterocycles. The number of benzene rings is 1. The first-order chi connectivity index (χ1) is 12.6. The summed E-state index contributed by atoms with van der Waals surface area (Å²) in [5, 5.41) is 2.70. The molecule has 3 rings (SSSR count). The molecule has 0 atom stereocenters. The van der Waals surface area contributed by atoms with E-state index in [9.17, 15) is 14.0 Å². The molecule has 0 fully saturated rings. The first kappa shape index (κ1) is 17.3. The molecule has 5 nitrogen and oxygen atoms in total. The molecule has 2 aromatic heterocycles. The van der Waals surface area contributed by atoms with Crippen molar-refractivity contribution in [3.05, 3.63) is 89.1 Å². The highest BCUT2D eigenvalue weighted by Crippen LogP contribution is 2.26. The van der Waals surface area contributed by atoms with Gasteiger partial charge in [-0.2, -0.15) is 0 Å². The van der Waals surface area contributed by atoms with Gasteiger partial charge in [0.25, 0.3) is 0 Å². The number of nitrogens with one attached hydrogen (secondary N) is 2. The molecule has 0 unspecified atom stereocenters. The molecule has 0 aliphatic rings. The number of H-pyrrole nitrogens is 1. The second-order valence-corrected chi connectivity index (χ2v) is 5.58. The minimum atomic E-state index is -0.329. The lowest BCUT2D eigenvalue weighted by atomic mass is 10.0. The number of hydrogen-bond acceptors (Lipinski definition) is 3. The minimum Gasteiger partial charge on any atom is -0.348 e. The van der Waals surface area contributed by atoms with Gasteiger partial charge in [0, 0.05) is 35.6 Å². The van der Waals surface area contributed by atoms with E-state index < -0.39 is 0 Å². The Kier molecular flexibility index (Phi) is 5.03. The van der Waals surface area contributed by atoms with Gasteiger partial charge in [-0.3, -0.25) is 14.6 Å². The van der Waals surface area contributed by atoms with E-state index in [0.29, 0.717) is 11.4 Å². The van der Waals surface area contributed by atoms with Crippen LogP contribution in [0.4, 0.5) is 4.39 Å². The van der Waals surface area contributed by atoms with Crippen molar-refractivity contribution in [2.75, 3.05) is 0 Å². The molecular weight excluding hydrogens is 333 g/mol. The summed E-state index contributed by atoms with van der Waals surface area (Å²) < 4.78 is 13.2. The van der Waals surface area contributed by atoms with Crippen LogP contribution in [-0.2, 0) is 11.3 Å². The van der Waals surface area contributed by atoms with E-state index in [0.717, 1.165) is 16.7 Å². The lowest BCUT2D eigenvalue weighted by molar-refractivity contribution is -0.116. The Balaban J connectivity index is 2.07. The van der Waals surface area contributed by atoms with Gasteiger partial charge in [-0.15, -0.1) is 0 Å². The molecule has 6 heteroatoms. The fourth-order valence-electron chi connectivity index (χ4n) is 2.51. The van der Waals surface area contributed by atoms with E-state index in [2.05, 4.69) is 21.9 Å². The number of rotatable bonds is 5. The van der Waals surface area contributed by atoms with Crippen LogP contribution in [0.2, 0.25) is 0 Å². The van der Waals surface area contributed by atoms with Gasteiger partial charge in [0.15, 0.2) is 0 Å². The standard InChI is InChI=1S/C20H16FN3O2/c1-2-19(25)23-12-14-11-22-18(13-6-8-15(21)9-7-13)10-16(14)17-4-3-5-20(26)24-17/h2-11H,1,12H2,(H,23,25)(H,24,26). The molecule has 3 aromatic rings. The van der Waals surface area contributed by atoms with E-state index in [1.165, 1.54) is 24.3 Å². The highest BCUT2D eigenvalue weighted by atomic mass is 19.1. The van der Waals surface area contributed by atoms with E-state index in [1.54, 1.807) is 36.5 Å². The van der Waals surface area contributed by atoms with E-state index in [-0.39, 0.29) is 23.8 Å². The first-order valence-electron chi connectivity index (χ1n) is 7.91. The SMILES string of the molecule is C=CC(=O)NCc1cnc(-c2ccc(F)cc2)cc1-c1cccc(=O)[nH]1. The van der Waals surface area contributed by atoms with Gasteiger partial charge in [-0.05, 0) is 48.0 Å². The Morgan fingerprint density at radius 2 is 2.00 bits per heavy atom. The van der Waals surface area contributed by atoms with Crippen molar-refractivity contribution in [2.24, 2.45) is 0 Å². The highest BCUT2D eigenvalue weighted by Gasteiger charge is 2.11. The van der Waals surface area contributed by atoms with Gasteiger partial charge in [0.05, 0.1) is 5.69 Å². The summed E-state index contributed by atoms with van der Waals surface area (Å²) in [7, 11) is 0. The maximum Gasteiger partial charge on any atom is 0.248 e. The highest BCUT2D eigenvalue weighted by molar-refractivity contribution is 5.87. The zero-order valence-electron chi connectivity index (χ0n) is 13.8. The van der Waals surface area contributed by atoms with Crippen LogP contribution in [0.15, 0.2) is 72.2 Å². The Morgan fingerprint density at radius 3 is 2.69 bits per heavy atom. The third-order valence-corrected chi connectivity index (χ3v) is 3.82. The number of hydrogen-bond donors (Lipinski definition) is 2. The van der Waals surface area contributed by atoms with Crippen molar-refractivity contribution in [1.82, 2.24) is 15.3 Å². The number of aromatic nitrogens is 2. The van der Waals surface area contributed by atoms with Gasteiger partial charge < -0.3 is 10.3 Å². The summed E-state index contributed by atoms with van der Waals surface area (Å²) in [6.07, 6.45) is 2.81. The van der Waals surface area contributed by atoms with Crippen molar-refractivity contribution >= 4 is 5.91 Å². The maximum absolute atomic E-state index is 13.2. The maximum atomic E-state index is 13.2. The molecule has 1 aromatic carbocycles. The number of nitrogens with zero attached hydrogens (tertiary/aromatic N) is 1. The molecule has 2 N–H and O–H groups in total. The first-order valence-corrected chi connectivity index (χ1v) is 7.91. The number of carbonyl (C=O) groups is 1. The quantitative estimate of drug-likeness (QED) is 0.695. The second-order valence-electron chi connectivity index (χ2n) is 5.58.